The fourth-order valence-corrected chi connectivity index (χ4v) is 8.67. The van der Waals surface area contributed by atoms with Crippen LogP contribution in [0.25, 0.3) is 0 Å². The minimum absolute atomic E-state index is 0.134. The van der Waals surface area contributed by atoms with Crippen molar-refractivity contribution < 1.29 is 9.59 Å². The Kier molecular flexibility index (Phi) is 10.2. The summed E-state index contributed by atoms with van der Waals surface area (Å²) >= 11 is 6.23. The Labute approximate surface area is 267 Å². The van der Waals surface area contributed by atoms with Crippen molar-refractivity contribution in [2.24, 2.45) is 17.1 Å². The Balaban J connectivity index is 1.22. The second-order valence-corrected chi connectivity index (χ2v) is 14.3. The van der Waals surface area contributed by atoms with E-state index in [4.69, 9.17) is 17.3 Å². The van der Waals surface area contributed by atoms with Gasteiger partial charge < -0.3 is 15.5 Å². The molecule has 44 heavy (non-hydrogen) atoms. The smallest absolute Gasteiger partial charge is 0.240 e. The highest BCUT2D eigenvalue weighted by Gasteiger charge is 2.46. The molecular formula is C34H50ClN7O2. The third-order valence-electron chi connectivity index (χ3n) is 11.2. The lowest BCUT2D eigenvalue weighted by Crippen LogP contribution is -2.61. The predicted molar refractivity (Wildman–Crippen MR) is 172 cm³/mol. The third kappa shape index (κ3) is 7.15. The summed E-state index contributed by atoms with van der Waals surface area (Å²) in [7, 11) is 0. The van der Waals surface area contributed by atoms with E-state index in [1.807, 2.05) is 40.2 Å². The number of carbonyl (C=O) groups excluding carboxylic acids is 2. The molecule has 9 nitrogen and oxygen atoms in total. The van der Waals surface area contributed by atoms with Gasteiger partial charge in [0.05, 0.1) is 12.1 Å². The molecule has 3 saturated heterocycles. The van der Waals surface area contributed by atoms with Crippen LogP contribution >= 0.6 is 11.6 Å². The molecule has 0 radical (unpaired) electrons. The molecule has 2 aromatic rings. The molecule has 2 atom stereocenters. The van der Waals surface area contributed by atoms with Crippen LogP contribution in [-0.2, 0) is 22.6 Å². The molecule has 4 aliphatic rings. The minimum atomic E-state index is -0.380. The number of carbonyl (C=O) groups is 2. The van der Waals surface area contributed by atoms with Gasteiger partial charge in [0.25, 0.3) is 0 Å². The van der Waals surface area contributed by atoms with E-state index >= 15 is 0 Å². The lowest BCUT2D eigenvalue weighted by atomic mass is 9.63. The molecule has 4 fully saturated rings. The summed E-state index contributed by atoms with van der Waals surface area (Å²) in [6.07, 6.45) is 17.0. The van der Waals surface area contributed by atoms with E-state index in [1.165, 1.54) is 32.1 Å². The number of aromatic nitrogens is 3. The summed E-state index contributed by atoms with van der Waals surface area (Å²) in [5.41, 5.74) is 7.37. The lowest BCUT2D eigenvalue weighted by molar-refractivity contribution is -0.148. The zero-order chi connectivity index (χ0) is 30.5. The van der Waals surface area contributed by atoms with Crippen molar-refractivity contribution in [2.75, 3.05) is 32.7 Å². The number of halogens is 1. The molecule has 1 aromatic carbocycles. The van der Waals surface area contributed by atoms with Crippen LogP contribution in [-0.4, -0.2) is 92.1 Å². The highest BCUT2D eigenvalue weighted by Crippen LogP contribution is 2.47. The van der Waals surface area contributed by atoms with Crippen LogP contribution in [0.2, 0.25) is 5.02 Å². The maximum absolute atomic E-state index is 14.6. The Hall–Kier alpha value is -2.49. The fraction of sp³-hybridized carbons (Fsp3) is 0.706. The first-order chi connectivity index (χ1) is 21.4. The van der Waals surface area contributed by atoms with Gasteiger partial charge in [0.15, 0.2) is 0 Å². The maximum atomic E-state index is 14.6. The minimum Gasteiger partial charge on any atom is -0.341 e. The van der Waals surface area contributed by atoms with Gasteiger partial charge >= 0.3 is 0 Å². The second kappa shape index (κ2) is 14.3. The zero-order valence-corrected chi connectivity index (χ0v) is 26.9. The molecule has 6 rings (SSSR count). The van der Waals surface area contributed by atoms with E-state index in [0.717, 1.165) is 76.7 Å². The maximum Gasteiger partial charge on any atom is 0.240 e. The number of hydrogen-bond donors (Lipinski definition) is 1. The number of benzene rings is 1. The first-order valence-electron chi connectivity index (χ1n) is 17.1. The summed E-state index contributed by atoms with van der Waals surface area (Å²) in [6.45, 7) is 4.55. The molecule has 0 spiro atoms. The molecule has 4 heterocycles. The van der Waals surface area contributed by atoms with E-state index in [1.54, 1.807) is 6.33 Å². The van der Waals surface area contributed by atoms with Gasteiger partial charge in [-0.25, -0.2) is 4.98 Å². The van der Waals surface area contributed by atoms with E-state index in [2.05, 4.69) is 19.9 Å². The largest absolute Gasteiger partial charge is 0.341 e. The van der Waals surface area contributed by atoms with Crippen LogP contribution in [0.1, 0.15) is 82.6 Å². The van der Waals surface area contributed by atoms with Gasteiger partial charge in [0.1, 0.15) is 12.7 Å². The standard InChI is InChI=1S/C34H50ClN7O2/c35-28-11-9-26(10-12-28)22-31(42-17-5-4-8-30(42)32(43)39-18-13-29(36)14-19-39)33(44)40-20-15-34(16-21-40,23-41-25-37-24-38-41)27-6-2-1-3-7-27/h9-12,24-25,27,29-31H,1-8,13-23,36H2/t30-,31+/m0/s1. The summed E-state index contributed by atoms with van der Waals surface area (Å²) in [5, 5.41) is 5.17. The number of rotatable bonds is 8. The Morgan fingerprint density at radius 2 is 1.59 bits per heavy atom. The van der Waals surface area contributed by atoms with Crippen molar-refractivity contribution >= 4 is 23.4 Å². The quantitative estimate of drug-likeness (QED) is 0.464. The van der Waals surface area contributed by atoms with Crippen molar-refractivity contribution in [1.82, 2.24) is 29.5 Å². The highest BCUT2D eigenvalue weighted by molar-refractivity contribution is 6.30. The molecule has 1 saturated carbocycles. The second-order valence-electron chi connectivity index (χ2n) is 13.9. The monoisotopic (exact) mass is 623 g/mol. The average molecular weight is 624 g/mol. The SMILES string of the molecule is NC1CCN(C(=O)[C@@H]2CCCCN2[C@H](Cc2ccc(Cl)cc2)C(=O)N2CCC(Cn3cncn3)(C3CCCCC3)CC2)CC1. The average Bonchev–Trinajstić information content (AvgIpc) is 3.58. The van der Waals surface area contributed by atoms with E-state index in [0.29, 0.717) is 30.5 Å². The predicted octanol–water partition coefficient (Wildman–Crippen LogP) is 4.54. The van der Waals surface area contributed by atoms with Crippen LogP contribution in [0.15, 0.2) is 36.9 Å². The first kappa shape index (κ1) is 31.5. The van der Waals surface area contributed by atoms with Gasteiger partial charge in [-0.15, -0.1) is 0 Å². The molecule has 0 bridgehead atoms. The lowest BCUT2D eigenvalue weighted by Gasteiger charge is -2.49. The van der Waals surface area contributed by atoms with Crippen molar-refractivity contribution in [3.8, 4) is 0 Å². The van der Waals surface area contributed by atoms with Crippen LogP contribution in [0.4, 0.5) is 0 Å². The van der Waals surface area contributed by atoms with Crippen LogP contribution < -0.4 is 5.73 Å². The normalized spacial score (nSPS) is 24.7. The molecule has 1 aromatic heterocycles. The first-order valence-corrected chi connectivity index (χ1v) is 17.5. The molecule has 2 amide bonds. The molecule has 240 valence electrons. The van der Waals surface area contributed by atoms with Crippen molar-refractivity contribution in [2.45, 2.75) is 108 Å². The van der Waals surface area contributed by atoms with E-state index in [-0.39, 0.29) is 35.4 Å². The van der Waals surface area contributed by atoms with Crippen LogP contribution in [0.3, 0.4) is 0 Å². The van der Waals surface area contributed by atoms with Gasteiger partial charge in [-0.3, -0.25) is 19.2 Å². The molecule has 0 unspecified atom stereocenters. The van der Waals surface area contributed by atoms with Crippen molar-refractivity contribution in [1.29, 1.82) is 0 Å². The number of piperidine rings is 3. The highest BCUT2D eigenvalue weighted by atomic mass is 35.5. The Morgan fingerprint density at radius 1 is 0.886 bits per heavy atom. The number of hydrogen-bond acceptors (Lipinski definition) is 6. The Morgan fingerprint density at radius 3 is 2.27 bits per heavy atom. The van der Waals surface area contributed by atoms with Crippen LogP contribution in [0, 0.1) is 11.3 Å². The topological polar surface area (TPSA) is 101 Å². The third-order valence-corrected chi connectivity index (χ3v) is 11.4. The van der Waals surface area contributed by atoms with E-state index < -0.39 is 0 Å². The number of likely N-dealkylation sites (tertiary alicyclic amines) is 3. The summed E-state index contributed by atoms with van der Waals surface area (Å²) in [4.78, 5) is 39.2. The summed E-state index contributed by atoms with van der Waals surface area (Å²) in [5.74, 6) is 0.996. The van der Waals surface area contributed by atoms with Gasteiger partial charge in [0.2, 0.25) is 11.8 Å². The van der Waals surface area contributed by atoms with Gasteiger partial charge in [-0.2, -0.15) is 5.10 Å². The fourth-order valence-electron chi connectivity index (χ4n) is 8.54. The molecule has 3 aliphatic heterocycles. The van der Waals surface area contributed by atoms with E-state index in [9.17, 15) is 9.59 Å². The zero-order valence-electron chi connectivity index (χ0n) is 26.2. The molecule has 2 N–H and O–H groups in total. The van der Waals surface area contributed by atoms with Crippen LogP contribution in [0.5, 0.6) is 0 Å². The number of nitrogens with zero attached hydrogens (tertiary/aromatic N) is 6. The van der Waals surface area contributed by atoms with Gasteiger partial charge in [-0.1, -0.05) is 49.4 Å². The van der Waals surface area contributed by atoms with Gasteiger partial charge in [0, 0.05) is 43.8 Å². The Bertz CT molecular complexity index is 1220. The van der Waals surface area contributed by atoms with Crippen molar-refractivity contribution in [3.63, 3.8) is 0 Å². The summed E-state index contributed by atoms with van der Waals surface area (Å²) in [6, 6.07) is 7.38. The molecule has 1 aliphatic carbocycles. The van der Waals surface area contributed by atoms with Gasteiger partial charge in [-0.05, 0) is 93.4 Å². The molecule has 10 heteroatoms. The van der Waals surface area contributed by atoms with Crippen molar-refractivity contribution in [3.05, 3.63) is 47.5 Å². The molecular weight excluding hydrogens is 574 g/mol. The summed E-state index contributed by atoms with van der Waals surface area (Å²) < 4.78 is 2.01. The number of amides is 2. The number of nitrogens with two attached hydrogens (primary N) is 1.